The summed E-state index contributed by atoms with van der Waals surface area (Å²) in [6, 6.07) is 0.512. The molecule has 0 amide bonds. The van der Waals surface area contributed by atoms with E-state index in [4.69, 9.17) is 11.6 Å². The molecule has 1 nitrogen and oxygen atoms in total. The van der Waals surface area contributed by atoms with E-state index in [1.807, 2.05) is 5.38 Å². The van der Waals surface area contributed by atoms with E-state index in [0.717, 1.165) is 11.6 Å². The van der Waals surface area contributed by atoms with Gasteiger partial charge in [-0.1, -0.05) is 18.0 Å². The molecule has 0 unspecified atom stereocenters. The van der Waals surface area contributed by atoms with Crippen LogP contribution in [0.15, 0.2) is 10.8 Å². The largest absolute Gasteiger partial charge is 0.310 e. The van der Waals surface area contributed by atoms with Crippen LogP contribution >= 0.6 is 22.9 Å². The molecule has 0 bridgehead atoms. The van der Waals surface area contributed by atoms with Gasteiger partial charge in [-0.15, -0.1) is 0 Å². The topological polar surface area (TPSA) is 12.0 Å². The van der Waals surface area contributed by atoms with Crippen molar-refractivity contribution >= 4 is 22.9 Å². The van der Waals surface area contributed by atoms with Crippen molar-refractivity contribution in [2.75, 3.05) is 6.54 Å². The summed E-state index contributed by atoms with van der Waals surface area (Å²) in [7, 11) is 0. The van der Waals surface area contributed by atoms with Gasteiger partial charge in [0.15, 0.2) is 0 Å². The number of piperidine rings is 1. The van der Waals surface area contributed by atoms with Crippen LogP contribution in [0, 0.1) is 0 Å². The zero-order chi connectivity index (χ0) is 8.39. The number of hydrogen-bond acceptors (Lipinski definition) is 2. The second kappa shape index (κ2) is 3.77. The maximum absolute atomic E-state index is 6.04. The Labute approximate surface area is 81.7 Å². The van der Waals surface area contributed by atoms with Crippen LogP contribution in [0.4, 0.5) is 0 Å². The fourth-order valence-corrected chi connectivity index (χ4v) is 2.82. The minimum absolute atomic E-state index is 0.512. The van der Waals surface area contributed by atoms with Crippen LogP contribution in [-0.4, -0.2) is 6.54 Å². The van der Waals surface area contributed by atoms with Crippen molar-refractivity contribution < 1.29 is 0 Å². The molecule has 12 heavy (non-hydrogen) atoms. The van der Waals surface area contributed by atoms with E-state index in [1.165, 1.54) is 24.8 Å². The van der Waals surface area contributed by atoms with Gasteiger partial charge in [0.2, 0.25) is 0 Å². The number of nitrogens with one attached hydrogen (secondary N) is 1. The molecule has 2 heterocycles. The maximum atomic E-state index is 6.04. The maximum Gasteiger partial charge on any atom is 0.0560 e. The monoisotopic (exact) mass is 201 g/mol. The molecule has 0 spiro atoms. The third-order valence-corrected chi connectivity index (χ3v) is 3.55. The molecule has 0 aromatic carbocycles. The molecule has 0 radical (unpaired) electrons. The molecule has 1 saturated heterocycles. The third kappa shape index (κ3) is 1.65. The van der Waals surface area contributed by atoms with E-state index in [2.05, 4.69) is 10.7 Å². The normalized spacial score (nSPS) is 24.2. The van der Waals surface area contributed by atoms with Crippen LogP contribution in [0.3, 0.4) is 0 Å². The molecule has 2 rings (SSSR count). The van der Waals surface area contributed by atoms with Crippen molar-refractivity contribution in [3.63, 3.8) is 0 Å². The fourth-order valence-electron chi connectivity index (χ4n) is 1.66. The predicted molar refractivity (Wildman–Crippen MR) is 53.9 cm³/mol. The van der Waals surface area contributed by atoms with Gasteiger partial charge in [-0.25, -0.2) is 0 Å². The first-order valence-electron chi connectivity index (χ1n) is 4.33. The Balaban J connectivity index is 2.13. The molecule has 1 aliphatic rings. The first-order valence-corrected chi connectivity index (χ1v) is 5.65. The Morgan fingerprint density at radius 1 is 1.42 bits per heavy atom. The van der Waals surface area contributed by atoms with E-state index in [0.29, 0.717) is 6.04 Å². The average molecular weight is 202 g/mol. The summed E-state index contributed by atoms with van der Waals surface area (Å²) in [6.07, 6.45) is 3.86. The van der Waals surface area contributed by atoms with Crippen molar-refractivity contribution in [1.29, 1.82) is 0 Å². The second-order valence-electron chi connectivity index (χ2n) is 3.18. The molecule has 0 aliphatic carbocycles. The van der Waals surface area contributed by atoms with Crippen LogP contribution in [0.1, 0.15) is 30.9 Å². The minimum Gasteiger partial charge on any atom is -0.310 e. The summed E-state index contributed by atoms with van der Waals surface area (Å²) < 4.78 is 0. The average Bonchev–Trinajstić information content (AvgIpc) is 2.53. The molecule has 1 fully saturated rings. The molecule has 1 atom stereocenters. The highest BCUT2D eigenvalue weighted by molar-refractivity contribution is 7.08. The van der Waals surface area contributed by atoms with E-state index >= 15 is 0 Å². The van der Waals surface area contributed by atoms with Crippen LogP contribution in [0.25, 0.3) is 0 Å². The molecule has 3 heteroatoms. The Kier molecular flexibility index (Phi) is 2.69. The lowest BCUT2D eigenvalue weighted by molar-refractivity contribution is 0.413. The summed E-state index contributed by atoms with van der Waals surface area (Å²) in [6.45, 7) is 1.14. The smallest absolute Gasteiger partial charge is 0.0560 e. The van der Waals surface area contributed by atoms with E-state index in [-0.39, 0.29) is 0 Å². The zero-order valence-electron chi connectivity index (χ0n) is 6.85. The van der Waals surface area contributed by atoms with Gasteiger partial charge in [-0.05, 0) is 30.3 Å². The third-order valence-electron chi connectivity index (χ3n) is 2.33. The SMILES string of the molecule is Clc1cscc1[C@H]1CCCCN1. The van der Waals surface area contributed by atoms with Crippen LogP contribution in [-0.2, 0) is 0 Å². The first kappa shape index (κ1) is 8.54. The summed E-state index contributed by atoms with van der Waals surface area (Å²) >= 11 is 7.73. The van der Waals surface area contributed by atoms with E-state index in [9.17, 15) is 0 Å². The van der Waals surface area contributed by atoms with Crippen LogP contribution < -0.4 is 5.32 Å². The molecule has 1 aliphatic heterocycles. The minimum atomic E-state index is 0.512. The van der Waals surface area contributed by atoms with Crippen molar-refractivity contribution in [2.24, 2.45) is 0 Å². The van der Waals surface area contributed by atoms with Gasteiger partial charge in [-0.2, -0.15) is 11.3 Å². The number of thiophene rings is 1. The molecule has 1 N–H and O–H groups in total. The summed E-state index contributed by atoms with van der Waals surface area (Å²) in [5.74, 6) is 0. The fraction of sp³-hybridized carbons (Fsp3) is 0.556. The van der Waals surface area contributed by atoms with Crippen LogP contribution in [0.2, 0.25) is 5.02 Å². The highest BCUT2D eigenvalue weighted by atomic mass is 35.5. The Morgan fingerprint density at radius 2 is 2.33 bits per heavy atom. The van der Waals surface area contributed by atoms with E-state index in [1.54, 1.807) is 11.3 Å². The summed E-state index contributed by atoms with van der Waals surface area (Å²) in [5.41, 5.74) is 1.29. The number of rotatable bonds is 1. The van der Waals surface area contributed by atoms with Gasteiger partial charge in [-0.3, -0.25) is 0 Å². The molecular weight excluding hydrogens is 190 g/mol. The number of hydrogen-bond donors (Lipinski definition) is 1. The first-order chi connectivity index (χ1) is 5.88. The van der Waals surface area contributed by atoms with Crippen molar-refractivity contribution in [3.05, 3.63) is 21.3 Å². The van der Waals surface area contributed by atoms with Gasteiger partial charge >= 0.3 is 0 Å². The Bertz CT molecular complexity index is 253. The molecule has 66 valence electrons. The van der Waals surface area contributed by atoms with Gasteiger partial charge in [0, 0.05) is 11.4 Å². The van der Waals surface area contributed by atoms with Crippen molar-refractivity contribution in [2.45, 2.75) is 25.3 Å². The Hall–Kier alpha value is -0.0500. The van der Waals surface area contributed by atoms with Gasteiger partial charge in [0.1, 0.15) is 0 Å². The highest BCUT2D eigenvalue weighted by Gasteiger charge is 2.17. The van der Waals surface area contributed by atoms with Gasteiger partial charge in [0.25, 0.3) is 0 Å². The van der Waals surface area contributed by atoms with Gasteiger partial charge < -0.3 is 5.32 Å². The summed E-state index contributed by atoms with van der Waals surface area (Å²) in [5, 5.41) is 8.58. The lowest BCUT2D eigenvalue weighted by atomic mass is 10.0. The lowest BCUT2D eigenvalue weighted by Gasteiger charge is -2.23. The molecule has 0 saturated carbocycles. The molecular formula is C9H12ClNS. The summed E-state index contributed by atoms with van der Waals surface area (Å²) in [4.78, 5) is 0. The van der Waals surface area contributed by atoms with Crippen molar-refractivity contribution in [1.82, 2.24) is 5.32 Å². The van der Waals surface area contributed by atoms with Crippen LogP contribution in [0.5, 0.6) is 0 Å². The Morgan fingerprint density at radius 3 is 2.92 bits per heavy atom. The predicted octanol–water partition coefficient (Wildman–Crippen LogP) is 3.22. The quantitative estimate of drug-likeness (QED) is 0.736. The lowest BCUT2D eigenvalue weighted by Crippen LogP contribution is -2.26. The number of halogens is 1. The molecule has 1 aromatic heterocycles. The van der Waals surface area contributed by atoms with E-state index < -0.39 is 0 Å². The standard InChI is InChI=1S/C9H12ClNS/c10-8-6-12-5-7(8)9-3-1-2-4-11-9/h5-6,9,11H,1-4H2/t9-/m1/s1. The second-order valence-corrected chi connectivity index (χ2v) is 4.33. The van der Waals surface area contributed by atoms with Gasteiger partial charge in [0.05, 0.1) is 5.02 Å². The highest BCUT2D eigenvalue weighted by Crippen LogP contribution is 2.31. The zero-order valence-corrected chi connectivity index (χ0v) is 8.42. The van der Waals surface area contributed by atoms with Crippen molar-refractivity contribution in [3.8, 4) is 0 Å². The molecule has 1 aromatic rings.